The fourth-order valence-corrected chi connectivity index (χ4v) is 5.23. The summed E-state index contributed by atoms with van der Waals surface area (Å²) in [7, 11) is 0. The molecule has 28 heavy (non-hydrogen) atoms. The molecule has 0 bridgehead atoms. The minimum atomic E-state index is -1.16. The van der Waals surface area contributed by atoms with Crippen LogP contribution in [0, 0.1) is 11.8 Å². The van der Waals surface area contributed by atoms with Crippen LogP contribution >= 0.6 is 11.8 Å². The van der Waals surface area contributed by atoms with Gasteiger partial charge in [0, 0.05) is 25.0 Å². The van der Waals surface area contributed by atoms with Gasteiger partial charge in [-0.3, -0.25) is 9.69 Å². The number of hydrogen-bond acceptors (Lipinski definition) is 9. The summed E-state index contributed by atoms with van der Waals surface area (Å²) in [4.78, 5) is 38.8. The van der Waals surface area contributed by atoms with Gasteiger partial charge in [0.2, 0.25) is 12.2 Å². The minimum Gasteiger partial charge on any atom is -0.435 e. The van der Waals surface area contributed by atoms with Gasteiger partial charge >= 0.3 is 12.1 Å². The number of carbonyl (C=O) groups is 3. The van der Waals surface area contributed by atoms with E-state index in [-0.39, 0.29) is 29.5 Å². The van der Waals surface area contributed by atoms with E-state index in [0.717, 1.165) is 11.3 Å². The molecule has 0 aromatic rings. The summed E-state index contributed by atoms with van der Waals surface area (Å²) in [5.41, 5.74) is 0.170. The van der Waals surface area contributed by atoms with Gasteiger partial charge in [0.15, 0.2) is 0 Å². The number of nitrogens with zero attached hydrogens (tertiary/aromatic N) is 1. The number of aliphatic hydroxyl groups is 1. The van der Waals surface area contributed by atoms with Gasteiger partial charge in [0.1, 0.15) is 11.1 Å². The maximum Gasteiger partial charge on any atom is 0.511 e. The Kier molecular flexibility index (Phi) is 6.51. The summed E-state index contributed by atoms with van der Waals surface area (Å²) < 4.78 is 20.1. The number of allylic oxidation sites excluding steroid dienone is 1. The van der Waals surface area contributed by atoms with Crippen LogP contribution in [-0.4, -0.2) is 65.6 Å². The number of carbonyl (C=O) groups excluding carboxylic acids is 3. The Labute approximate surface area is 167 Å². The Bertz CT molecular complexity index is 672. The molecule has 2 saturated heterocycles. The van der Waals surface area contributed by atoms with Crippen molar-refractivity contribution in [1.82, 2.24) is 4.90 Å². The van der Waals surface area contributed by atoms with E-state index in [2.05, 4.69) is 4.74 Å². The normalized spacial score (nSPS) is 28.5. The Morgan fingerprint density at radius 2 is 2.11 bits per heavy atom. The third-order valence-electron chi connectivity index (χ3n) is 4.86. The number of fused-ring (bicyclic) bond motifs is 1. The van der Waals surface area contributed by atoms with Crippen molar-refractivity contribution in [1.29, 1.82) is 0 Å². The van der Waals surface area contributed by atoms with Gasteiger partial charge in [-0.25, -0.2) is 9.59 Å². The van der Waals surface area contributed by atoms with E-state index in [4.69, 9.17) is 14.2 Å². The molecule has 0 aliphatic carbocycles. The van der Waals surface area contributed by atoms with E-state index in [1.807, 2.05) is 0 Å². The van der Waals surface area contributed by atoms with Gasteiger partial charge in [-0.1, -0.05) is 0 Å². The Morgan fingerprint density at radius 3 is 2.71 bits per heavy atom. The zero-order chi connectivity index (χ0) is 20.4. The van der Waals surface area contributed by atoms with Crippen molar-refractivity contribution in [3.8, 4) is 0 Å². The lowest BCUT2D eigenvalue weighted by Gasteiger charge is -2.43. The Balaban J connectivity index is 1.73. The molecular formula is C18H25NO8S. The summed E-state index contributed by atoms with van der Waals surface area (Å²) in [6.45, 7) is 6.01. The van der Waals surface area contributed by atoms with Crippen molar-refractivity contribution in [2.24, 2.45) is 11.8 Å². The Morgan fingerprint density at radius 1 is 1.36 bits per heavy atom. The van der Waals surface area contributed by atoms with E-state index >= 15 is 0 Å². The summed E-state index contributed by atoms with van der Waals surface area (Å²) in [6, 6.07) is 0. The average molecular weight is 415 g/mol. The highest BCUT2D eigenvalue weighted by Gasteiger charge is 2.58. The number of ether oxygens (including phenoxy) is 4. The standard InChI is InChI=1S/C18H25NO8S/c1-4-25-18(23)27-10(3)26-17(22)14-12(7-11-5-6-24-8-11)28-16-13(9(2)20)15(21)19(14)16/h9-11,13,16,20H,4-8H2,1-3H3/t9-,10?,11?,13+,16-/m1/s1. The highest BCUT2D eigenvalue weighted by atomic mass is 32.2. The molecule has 3 aliphatic rings. The first kappa shape index (κ1) is 20.9. The van der Waals surface area contributed by atoms with Crippen molar-refractivity contribution in [3.63, 3.8) is 0 Å². The number of rotatable bonds is 7. The second kappa shape index (κ2) is 8.71. The van der Waals surface area contributed by atoms with Gasteiger partial charge in [0.25, 0.3) is 0 Å². The zero-order valence-electron chi connectivity index (χ0n) is 16.1. The second-order valence-electron chi connectivity index (χ2n) is 6.96. The molecule has 1 amide bonds. The third kappa shape index (κ3) is 4.13. The maximum absolute atomic E-state index is 12.8. The van der Waals surface area contributed by atoms with Crippen molar-refractivity contribution in [3.05, 3.63) is 10.6 Å². The highest BCUT2D eigenvalue weighted by Crippen LogP contribution is 2.52. The first-order valence-electron chi connectivity index (χ1n) is 9.36. The molecule has 0 saturated carbocycles. The first-order valence-corrected chi connectivity index (χ1v) is 10.2. The van der Waals surface area contributed by atoms with E-state index in [1.54, 1.807) is 13.8 Å². The summed E-state index contributed by atoms with van der Waals surface area (Å²) in [5, 5.41) is 9.57. The van der Waals surface area contributed by atoms with Crippen LogP contribution in [0.15, 0.2) is 10.6 Å². The van der Waals surface area contributed by atoms with Crippen molar-refractivity contribution < 1.29 is 38.4 Å². The molecule has 2 fully saturated rings. The monoisotopic (exact) mass is 415 g/mol. The molecule has 3 aliphatic heterocycles. The van der Waals surface area contributed by atoms with Gasteiger partial charge in [-0.15, -0.1) is 11.8 Å². The number of amides is 1. The smallest absolute Gasteiger partial charge is 0.435 e. The van der Waals surface area contributed by atoms with Crippen LogP contribution in [0.3, 0.4) is 0 Å². The number of hydrogen-bond donors (Lipinski definition) is 1. The molecule has 3 heterocycles. The van der Waals surface area contributed by atoms with E-state index in [1.165, 1.54) is 23.6 Å². The molecular weight excluding hydrogens is 390 g/mol. The molecule has 0 aromatic heterocycles. The van der Waals surface area contributed by atoms with Crippen LogP contribution in [0.1, 0.15) is 33.6 Å². The largest absolute Gasteiger partial charge is 0.511 e. The lowest BCUT2D eigenvalue weighted by molar-refractivity contribution is -0.171. The lowest BCUT2D eigenvalue weighted by atomic mass is 9.92. The van der Waals surface area contributed by atoms with Crippen molar-refractivity contribution >= 4 is 29.8 Å². The number of thioether (sulfide) groups is 1. The van der Waals surface area contributed by atoms with Crippen LogP contribution in [0.4, 0.5) is 4.79 Å². The summed E-state index contributed by atoms with van der Waals surface area (Å²) in [5.74, 6) is -1.34. The van der Waals surface area contributed by atoms with Crippen molar-refractivity contribution in [2.75, 3.05) is 19.8 Å². The van der Waals surface area contributed by atoms with Crippen LogP contribution in [0.25, 0.3) is 0 Å². The number of β-lactam (4-membered cyclic amide) rings is 1. The molecule has 1 N–H and O–H groups in total. The molecule has 10 heteroatoms. The summed E-state index contributed by atoms with van der Waals surface area (Å²) >= 11 is 1.41. The van der Waals surface area contributed by atoms with Crippen LogP contribution in [-0.2, 0) is 28.5 Å². The lowest BCUT2D eigenvalue weighted by Crippen LogP contribution is -2.60. The number of aliphatic hydroxyl groups excluding tert-OH is 1. The summed E-state index contributed by atoms with van der Waals surface area (Å²) in [6.07, 6.45) is -1.43. The quantitative estimate of drug-likeness (QED) is 0.376. The fraction of sp³-hybridized carbons (Fsp3) is 0.722. The van der Waals surface area contributed by atoms with Crippen LogP contribution < -0.4 is 0 Å². The molecule has 156 valence electrons. The van der Waals surface area contributed by atoms with Gasteiger partial charge in [-0.2, -0.15) is 0 Å². The molecule has 3 rings (SSSR count). The van der Waals surface area contributed by atoms with E-state index in [9.17, 15) is 19.5 Å². The molecule has 0 aromatic carbocycles. The first-order chi connectivity index (χ1) is 13.3. The van der Waals surface area contributed by atoms with Crippen LogP contribution in [0.5, 0.6) is 0 Å². The predicted octanol–water partition coefficient (Wildman–Crippen LogP) is 1.60. The predicted molar refractivity (Wildman–Crippen MR) is 97.6 cm³/mol. The Hall–Kier alpha value is -1.78. The average Bonchev–Trinajstić information content (AvgIpc) is 3.21. The third-order valence-corrected chi connectivity index (χ3v) is 6.25. The molecule has 9 nitrogen and oxygen atoms in total. The second-order valence-corrected chi connectivity index (χ2v) is 8.17. The minimum absolute atomic E-state index is 0.138. The SMILES string of the molecule is CCOC(=O)OC(C)OC(=O)C1=C(CC2CCOC2)S[C@@H]2[C@@H]([C@@H](C)O)C(=O)N12. The number of esters is 1. The fourth-order valence-electron chi connectivity index (χ4n) is 3.51. The molecule has 0 radical (unpaired) electrons. The molecule has 2 unspecified atom stereocenters. The zero-order valence-corrected chi connectivity index (χ0v) is 16.9. The van der Waals surface area contributed by atoms with Gasteiger partial charge < -0.3 is 24.1 Å². The van der Waals surface area contributed by atoms with Crippen LogP contribution in [0.2, 0.25) is 0 Å². The van der Waals surface area contributed by atoms with E-state index < -0.39 is 30.4 Å². The van der Waals surface area contributed by atoms with Gasteiger partial charge in [-0.05, 0) is 32.6 Å². The van der Waals surface area contributed by atoms with Gasteiger partial charge in [0.05, 0.1) is 18.6 Å². The topological polar surface area (TPSA) is 112 Å². The van der Waals surface area contributed by atoms with Crippen molar-refractivity contribution in [2.45, 2.75) is 51.4 Å². The maximum atomic E-state index is 12.8. The molecule has 0 spiro atoms. The molecule has 5 atom stereocenters. The van der Waals surface area contributed by atoms with E-state index in [0.29, 0.717) is 19.6 Å². The highest BCUT2D eigenvalue weighted by molar-refractivity contribution is 8.04.